The van der Waals surface area contributed by atoms with Crippen LogP contribution in [0.3, 0.4) is 0 Å². The molecule has 3 heterocycles. The fourth-order valence-electron chi connectivity index (χ4n) is 3.84. The van der Waals surface area contributed by atoms with Crippen molar-refractivity contribution in [1.29, 1.82) is 0 Å². The predicted octanol–water partition coefficient (Wildman–Crippen LogP) is 0.0652. The van der Waals surface area contributed by atoms with Gasteiger partial charge in [0.2, 0.25) is 11.8 Å². The van der Waals surface area contributed by atoms with Gasteiger partial charge < -0.3 is 15.5 Å². The van der Waals surface area contributed by atoms with Crippen molar-refractivity contribution in [3.63, 3.8) is 0 Å². The highest BCUT2D eigenvalue weighted by Gasteiger charge is 2.40. The number of amides is 3. The van der Waals surface area contributed by atoms with Crippen molar-refractivity contribution >= 4 is 17.7 Å². The summed E-state index contributed by atoms with van der Waals surface area (Å²) >= 11 is 0. The third-order valence-corrected chi connectivity index (χ3v) is 5.54. The number of benzene rings is 1. The molecule has 2 fully saturated rings. The zero-order valence-corrected chi connectivity index (χ0v) is 14.5. The van der Waals surface area contributed by atoms with Gasteiger partial charge in [-0.25, -0.2) is 0 Å². The highest BCUT2D eigenvalue weighted by atomic mass is 16.2. The zero-order valence-electron chi connectivity index (χ0n) is 14.5. The molecule has 0 radical (unpaired) electrons. The van der Waals surface area contributed by atoms with Crippen molar-refractivity contribution in [1.82, 2.24) is 20.9 Å². The number of nitrogens with one attached hydrogen (secondary N) is 3. The van der Waals surface area contributed by atoms with Crippen LogP contribution in [0.5, 0.6) is 0 Å². The maximum Gasteiger partial charge on any atom is 0.255 e. The molecule has 0 bridgehead atoms. The van der Waals surface area contributed by atoms with Crippen molar-refractivity contribution in [3.8, 4) is 0 Å². The van der Waals surface area contributed by atoms with Gasteiger partial charge in [0, 0.05) is 38.2 Å². The number of hydrogen-bond donors (Lipinski definition) is 3. The standard InChI is InChI=1S/C19H22N4O3/c1-2-19(10-20-11-19)21-8-12-4-3-5-13-9-23(18(26)16(12)13)14-6-7-15(24)22-17(14)25/h2-5,14,20-21H,1,6-11H2,(H,22,24,25). The fourth-order valence-corrected chi connectivity index (χ4v) is 3.84. The van der Waals surface area contributed by atoms with Crippen LogP contribution in [-0.2, 0) is 22.7 Å². The Morgan fingerprint density at radius 3 is 2.77 bits per heavy atom. The lowest BCUT2D eigenvalue weighted by atomic mass is 9.92. The van der Waals surface area contributed by atoms with Crippen LogP contribution in [-0.4, -0.2) is 47.3 Å². The Morgan fingerprint density at radius 2 is 2.12 bits per heavy atom. The lowest BCUT2D eigenvalue weighted by molar-refractivity contribution is -0.136. The van der Waals surface area contributed by atoms with Crippen LogP contribution in [0.4, 0.5) is 0 Å². The average Bonchev–Trinajstić information content (AvgIpc) is 2.92. The van der Waals surface area contributed by atoms with E-state index >= 15 is 0 Å². The molecule has 3 aliphatic rings. The van der Waals surface area contributed by atoms with Crippen LogP contribution in [0.1, 0.15) is 34.3 Å². The highest BCUT2D eigenvalue weighted by molar-refractivity contribution is 6.05. The molecule has 4 rings (SSSR count). The fraction of sp³-hybridized carbons (Fsp3) is 0.421. The third-order valence-electron chi connectivity index (χ3n) is 5.54. The molecule has 1 aromatic rings. The molecule has 1 aromatic carbocycles. The number of imide groups is 1. The Morgan fingerprint density at radius 1 is 1.31 bits per heavy atom. The number of carbonyl (C=O) groups excluding carboxylic acids is 3. The molecule has 3 amide bonds. The second kappa shape index (κ2) is 6.34. The molecule has 136 valence electrons. The van der Waals surface area contributed by atoms with Gasteiger partial charge in [0.15, 0.2) is 0 Å². The van der Waals surface area contributed by atoms with Crippen molar-refractivity contribution in [3.05, 3.63) is 47.5 Å². The molecule has 0 spiro atoms. The van der Waals surface area contributed by atoms with Gasteiger partial charge in [0.25, 0.3) is 5.91 Å². The maximum absolute atomic E-state index is 13.0. The summed E-state index contributed by atoms with van der Waals surface area (Å²) in [6.07, 6.45) is 2.55. The molecule has 26 heavy (non-hydrogen) atoms. The Hall–Kier alpha value is -2.51. The molecule has 3 aliphatic heterocycles. The van der Waals surface area contributed by atoms with E-state index in [1.807, 2.05) is 24.3 Å². The topological polar surface area (TPSA) is 90.5 Å². The van der Waals surface area contributed by atoms with Gasteiger partial charge in [0.05, 0.1) is 5.54 Å². The number of nitrogens with zero attached hydrogens (tertiary/aromatic N) is 1. The number of rotatable bonds is 5. The summed E-state index contributed by atoms with van der Waals surface area (Å²) in [6, 6.07) is 5.23. The summed E-state index contributed by atoms with van der Waals surface area (Å²) in [4.78, 5) is 38.1. The molecule has 0 saturated carbocycles. The summed E-state index contributed by atoms with van der Waals surface area (Å²) in [6.45, 7) is 6.50. The second-order valence-corrected chi connectivity index (χ2v) is 7.17. The van der Waals surface area contributed by atoms with Crippen LogP contribution in [0, 0.1) is 0 Å². The Bertz CT molecular complexity index is 800. The summed E-state index contributed by atoms with van der Waals surface area (Å²) in [5, 5.41) is 9.04. The van der Waals surface area contributed by atoms with E-state index in [1.165, 1.54) is 0 Å². The Balaban J connectivity index is 1.54. The molecule has 1 atom stereocenters. The van der Waals surface area contributed by atoms with Crippen LogP contribution in [0.25, 0.3) is 0 Å². The van der Waals surface area contributed by atoms with E-state index in [4.69, 9.17) is 0 Å². The molecule has 1 unspecified atom stereocenters. The smallest absolute Gasteiger partial charge is 0.255 e. The maximum atomic E-state index is 13.0. The van der Waals surface area contributed by atoms with Crippen molar-refractivity contribution in [2.45, 2.75) is 37.5 Å². The van der Waals surface area contributed by atoms with E-state index in [0.29, 0.717) is 25.1 Å². The molecular formula is C19H22N4O3. The van der Waals surface area contributed by atoms with Crippen LogP contribution >= 0.6 is 0 Å². The van der Waals surface area contributed by atoms with E-state index < -0.39 is 6.04 Å². The van der Waals surface area contributed by atoms with E-state index in [2.05, 4.69) is 22.5 Å². The van der Waals surface area contributed by atoms with Gasteiger partial charge >= 0.3 is 0 Å². The van der Waals surface area contributed by atoms with Crippen LogP contribution in [0.15, 0.2) is 30.9 Å². The number of fused-ring (bicyclic) bond motifs is 1. The van der Waals surface area contributed by atoms with Gasteiger partial charge in [-0.05, 0) is 17.5 Å². The first-order valence-electron chi connectivity index (χ1n) is 8.88. The number of piperidine rings is 1. The zero-order chi connectivity index (χ0) is 18.3. The summed E-state index contributed by atoms with van der Waals surface area (Å²) in [7, 11) is 0. The van der Waals surface area contributed by atoms with Gasteiger partial charge in [-0.3, -0.25) is 19.7 Å². The van der Waals surface area contributed by atoms with Crippen LogP contribution in [0.2, 0.25) is 0 Å². The van der Waals surface area contributed by atoms with Crippen molar-refractivity contribution < 1.29 is 14.4 Å². The van der Waals surface area contributed by atoms with E-state index in [9.17, 15) is 14.4 Å². The summed E-state index contributed by atoms with van der Waals surface area (Å²) < 4.78 is 0. The number of hydrogen-bond acceptors (Lipinski definition) is 5. The lowest BCUT2D eigenvalue weighted by Gasteiger charge is -2.41. The minimum atomic E-state index is -0.580. The first-order valence-corrected chi connectivity index (χ1v) is 8.88. The summed E-state index contributed by atoms with van der Waals surface area (Å²) in [5.74, 6) is -0.788. The highest BCUT2D eigenvalue weighted by Crippen LogP contribution is 2.30. The molecule has 0 aliphatic carbocycles. The second-order valence-electron chi connectivity index (χ2n) is 7.17. The third kappa shape index (κ3) is 2.73. The van der Waals surface area contributed by atoms with Crippen molar-refractivity contribution in [2.24, 2.45) is 0 Å². The molecular weight excluding hydrogens is 332 g/mol. The minimum absolute atomic E-state index is 0.131. The Labute approximate surface area is 151 Å². The SMILES string of the molecule is C=CC1(NCc2cccc3c2C(=O)N(C2CCC(=O)NC2=O)C3)CNC1. The molecule has 0 aromatic heterocycles. The molecule has 7 nitrogen and oxygen atoms in total. The lowest BCUT2D eigenvalue weighted by Crippen LogP contribution is -2.66. The van der Waals surface area contributed by atoms with E-state index in [0.717, 1.165) is 24.2 Å². The van der Waals surface area contributed by atoms with Crippen LogP contribution < -0.4 is 16.0 Å². The van der Waals surface area contributed by atoms with Gasteiger partial charge in [-0.1, -0.05) is 24.3 Å². The first-order chi connectivity index (χ1) is 12.5. The number of carbonyl (C=O) groups is 3. The monoisotopic (exact) mass is 354 g/mol. The van der Waals surface area contributed by atoms with Gasteiger partial charge in [-0.15, -0.1) is 6.58 Å². The molecule has 3 N–H and O–H groups in total. The Kier molecular flexibility index (Phi) is 4.13. The normalized spacial score (nSPS) is 24.1. The van der Waals surface area contributed by atoms with Crippen molar-refractivity contribution in [2.75, 3.05) is 13.1 Å². The average molecular weight is 354 g/mol. The predicted molar refractivity (Wildman–Crippen MR) is 95.1 cm³/mol. The quantitative estimate of drug-likeness (QED) is 0.514. The molecule has 7 heteroatoms. The minimum Gasteiger partial charge on any atom is -0.322 e. The van der Waals surface area contributed by atoms with E-state index in [-0.39, 0.29) is 29.7 Å². The first kappa shape index (κ1) is 16.9. The largest absolute Gasteiger partial charge is 0.322 e. The van der Waals surface area contributed by atoms with Gasteiger partial charge in [0.1, 0.15) is 6.04 Å². The van der Waals surface area contributed by atoms with Gasteiger partial charge in [-0.2, -0.15) is 0 Å². The summed E-state index contributed by atoms with van der Waals surface area (Å²) in [5.41, 5.74) is 2.40. The van der Waals surface area contributed by atoms with E-state index in [1.54, 1.807) is 4.90 Å². The molecule has 2 saturated heterocycles.